The monoisotopic (exact) mass is 325 g/mol. The Morgan fingerprint density at radius 3 is 2.21 bits per heavy atom. The van der Waals surface area contributed by atoms with Gasteiger partial charge in [-0.1, -0.05) is 50.6 Å². The predicted octanol–water partition coefficient (Wildman–Crippen LogP) is 5.09. The zero-order chi connectivity index (χ0) is 17.6. The third-order valence-corrected chi connectivity index (χ3v) is 3.87. The van der Waals surface area contributed by atoms with Crippen LogP contribution < -0.4 is 10.1 Å². The maximum Gasteiger partial charge on any atom is 0.224 e. The van der Waals surface area contributed by atoms with Crippen molar-refractivity contribution < 1.29 is 9.53 Å². The quantitative estimate of drug-likeness (QED) is 0.751. The van der Waals surface area contributed by atoms with Crippen molar-refractivity contribution >= 4 is 11.6 Å². The van der Waals surface area contributed by atoms with E-state index in [4.69, 9.17) is 4.74 Å². The fraction of sp³-hybridized carbons (Fsp3) is 0.381. The number of aryl methyl sites for hydroxylation is 1. The lowest BCUT2D eigenvalue weighted by molar-refractivity contribution is -0.116. The highest BCUT2D eigenvalue weighted by Gasteiger charge is 2.12. The van der Waals surface area contributed by atoms with Crippen LogP contribution in [-0.4, -0.2) is 12.5 Å². The minimum Gasteiger partial charge on any atom is -0.494 e. The molecule has 0 heterocycles. The van der Waals surface area contributed by atoms with Crippen LogP contribution in [0.5, 0.6) is 5.75 Å². The van der Waals surface area contributed by atoms with Crippen molar-refractivity contribution in [3.05, 3.63) is 59.7 Å². The predicted molar refractivity (Wildman–Crippen MR) is 99.7 cm³/mol. The smallest absolute Gasteiger partial charge is 0.224 e. The first-order valence-electron chi connectivity index (χ1n) is 8.44. The molecule has 2 aromatic carbocycles. The fourth-order valence-corrected chi connectivity index (χ4v) is 2.33. The lowest BCUT2D eigenvalue weighted by Gasteiger charge is -2.19. The van der Waals surface area contributed by atoms with Crippen LogP contribution in [0.3, 0.4) is 0 Å². The fourth-order valence-electron chi connectivity index (χ4n) is 2.33. The molecule has 2 rings (SSSR count). The molecular formula is C21H27NO2. The molecule has 0 fully saturated rings. The number of carbonyl (C=O) groups excluding carboxylic acids is 1. The van der Waals surface area contributed by atoms with Crippen LogP contribution in [0.25, 0.3) is 0 Å². The van der Waals surface area contributed by atoms with E-state index in [0.717, 1.165) is 11.4 Å². The van der Waals surface area contributed by atoms with Crippen LogP contribution in [0.15, 0.2) is 48.5 Å². The van der Waals surface area contributed by atoms with E-state index in [0.29, 0.717) is 19.4 Å². The summed E-state index contributed by atoms with van der Waals surface area (Å²) >= 11 is 0. The Labute approximate surface area is 145 Å². The first-order chi connectivity index (χ1) is 11.3. The maximum atomic E-state index is 11.9. The van der Waals surface area contributed by atoms with E-state index in [1.165, 1.54) is 11.1 Å². The molecule has 24 heavy (non-hydrogen) atoms. The molecule has 3 heteroatoms. The summed E-state index contributed by atoms with van der Waals surface area (Å²) in [6.07, 6.45) is 1.15. The molecule has 0 radical (unpaired) electrons. The van der Waals surface area contributed by atoms with Gasteiger partial charge in [-0.3, -0.25) is 4.79 Å². The molecule has 1 N–H and O–H groups in total. The highest BCUT2D eigenvalue weighted by atomic mass is 16.5. The third-order valence-electron chi connectivity index (χ3n) is 3.87. The second-order valence-corrected chi connectivity index (χ2v) is 7.14. The van der Waals surface area contributed by atoms with Crippen LogP contribution in [0, 0.1) is 6.92 Å². The number of nitrogens with one attached hydrogen (secondary N) is 1. The Morgan fingerprint density at radius 2 is 1.62 bits per heavy atom. The number of hydrogen-bond donors (Lipinski definition) is 1. The molecule has 0 aromatic heterocycles. The Hall–Kier alpha value is -2.29. The number of hydrogen-bond acceptors (Lipinski definition) is 2. The zero-order valence-electron chi connectivity index (χ0n) is 15.1. The molecule has 0 saturated carbocycles. The van der Waals surface area contributed by atoms with Gasteiger partial charge in [0.05, 0.1) is 6.61 Å². The number of rotatable bonds is 6. The van der Waals surface area contributed by atoms with E-state index in [-0.39, 0.29) is 11.3 Å². The molecule has 0 atom stereocenters. The molecule has 0 spiro atoms. The van der Waals surface area contributed by atoms with Gasteiger partial charge in [0.25, 0.3) is 0 Å². The second kappa shape index (κ2) is 8.00. The maximum absolute atomic E-state index is 11.9. The Bertz CT molecular complexity index is 652. The number of amides is 1. The summed E-state index contributed by atoms with van der Waals surface area (Å²) in [4.78, 5) is 11.9. The molecule has 0 aliphatic rings. The van der Waals surface area contributed by atoms with Crippen LogP contribution in [0.4, 0.5) is 5.69 Å². The van der Waals surface area contributed by atoms with E-state index in [1.807, 2.05) is 43.3 Å². The summed E-state index contributed by atoms with van der Waals surface area (Å²) < 4.78 is 5.71. The molecule has 3 nitrogen and oxygen atoms in total. The van der Waals surface area contributed by atoms with E-state index in [9.17, 15) is 4.79 Å². The average Bonchev–Trinajstić information content (AvgIpc) is 2.53. The zero-order valence-corrected chi connectivity index (χ0v) is 15.1. The van der Waals surface area contributed by atoms with Gasteiger partial charge >= 0.3 is 0 Å². The van der Waals surface area contributed by atoms with Crippen LogP contribution in [-0.2, 0) is 10.2 Å². The minimum atomic E-state index is 0.0190. The van der Waals surface area contributed by atoms with Crippen molar-refractivity contribution in [3.63, 3.8) is 0 Å². The largest absolute Gasteiger partial charge is 0.494 e. The summed E-state index contributed by atoms with van der Waals surface area (Å²) in [5.41, 5.74) is 3.45. The standard InChI is InChI=1S/C21H27NO2/c1-16-7-11-18(12-8-16)22-20(23)6-5-15-24-19-13-9-17(10-14-19)21(2,3)4/h7-14H,5-6,15H2,1-4H3,(H,22,23). The van der Waals surface area contributed by atoms with Crippen LogP contribution in [0.2, 0.25) is 0 Å². The first-order valence-corrected chi connectivity index (χ1v) is 8.44. The van der Waals surface area contributed by atoms with E-state index >= 15 is 0 Å². The lowest BCUT2D eigenvalue weighted by Crippen LogP contribution is -2.13. The summed E-state index contributed by atoms with van der Waals surface area (Å²) in [6, 6.07) is 16.0. The number of carbonyl (C=O) groups is 1. The topological polar surface area (TPSA) is 38.3 Å². The van der Waals surface area contributed by atoms with Gasteiger partial charge in [-0.05, 0) is 48.6 Å². The molecular weight excluding hydrogens is 298 g/mol. The van der Waals surface area contributed by atoms with Gasteiger partial charge in [0.2, 0.25) is 5.91 Å². The number of anilines is 1. The van der Waals surface area contributed by atoms with Gasteiger partial charge in [0, 0.05) is 12.1 Å². The van der Waals surface area contributed by atoms with Crippen molar-refractivity contribution in [2.24, 2.45) is 0 Å². The summed E-state index contributed by atoms with van der Waals surface area (Å²) in [6.45, 7) is 9.13. The molecule has 2 aromatic rings. The number of benzene rings is 2. The summed E-state index contributed by atoms with van der Waals surface area (Å²) in [7, 11) is 0. The second-order valence-electron chi connectivity index (χ2n) is 7.14. The Kier molecular flexibility index (Phi) is 6.02. The van der Waals surface area contributed by atoms with Crippen LogP contribution >= 0.6 is 0 Å². The lowest BCUT2D eigenvalue weighted by atomic mass is 9.87. The summed E-state index contributed by atoms with van der Waals surface area (Å²) in [5, 5.41) is 2.90. The van der Waals surface area contributed by atoms with Crippen molar-refractivity contribution in [2.45, 2.75) is 46.0 Å². The minimum absolute atomic E-state index is 0.0190. The Morgan fingerprint density at radius 1 is 1.00 bits per heavy atom. The van der Waals surface area contributed by atoms with Crippen LogP contribution in [0.1, 0.15) is 44.7 Å². The van der Waals surface area contributed by atoms with E-state index in [1.54, 1.807) is 0 Å². The van der Waals surface area contributed by atoms with Gasteiger partial charge in [-0.2, -0.15) is 0 Å². The third kappa shape index (κ3) is 5.73. The number of ether oxygens (including phenoxy) is 1. The SMILES string of the molecule is Cc1ccc(NC(=O)CCCOc2ccc(C(C)(C)C)cc2)cc1. The van der Waals surface area contributed by atoms with Gasteiger partial charge in [0.1, 0.15) is 5.75 Å². The van der Waals surface area contributed by atoms with Gasteiger partial charge in [-0.15, -0.1) is 0 Å². The average molecular weight is 325 g/mol. The van der Waals surface area contributed by atoms with Gasteiger partial charge < -0.3 is 10.1 Å². The molecule has 0 aliphatic carbocycles. The molecule has 0 unspecified atom stereocenters. The first kappa shape index (κ1) is 18.1. The van der Waals surface area contributed by atoms with Gasteiger partial charge in [0.15, 0.2) is 0 Å². The normalized spacial score (nSPS) is 11.2. The van der Waals surface area contributed by atoms with Crippen molar-refractivity contribution in [2.75, 3.05) is 11.9 Å². The Balaban J connectivity index is 1.70. The highest BCUT2D eigenvalue weighted by molar-refractivity contribution is 5.90. The van der Waals surface area contributed by atoms with Gasteiger partial charge in [-0.25, -0.2) is 0 Å². The van der Waals surface area contributed by atoms with Crippen molar-refractivity contribution in [1.82, 2.24) is 0 Å². The van der Waals surface area contributed by atoms with E-state index in [2.05, 4.69) is 38.2 Å². The molecule has 0 aliphatic heterocycles. The van der Waals surface area contributed by atoms with E-state index < -0.39 is 0 Å². The molecule has 1 amide bonds. The van der Waals surface area contributed by atoms with Crippen molar-refractivity contribution in [1.29, 1.82) is 0 Å². The highest BCUT2D eigenvalue weighted by Crippen LogP contribution is 2.24. The molecule has 128 valence electrons. The summed E-state index contributed by atoms with van der Waals surface area (Å²) in [5.74, 6) is 0.868. The molecule has 0 bridgehead atoms. The van der Waals surface area contributed by atoms with Crippen molar-refractivity contribution in [3.8, 4) is 5.75 Å². The molecule has 0 saturated heterocycles.